The maximum absolute atomic E-state index is 12.3. The van der Waals surface area contributed by atoms with Crippen LogP contribution in [0.15, 0.2) is 9.95 Å². The van der Waals surface area contributed by atoms with Crippen LogP contribution in [0.1, 0.15) is 33.4 Å². The fourth-order valence-corrected chi connectivity index (χ4v) is 1.86. The van der Waals surface area contributed by atoms with Gasteiger partial charge in [0.05, 0.1) is 0 Å². The zero-order valence-corrected chi connectivity index (χ0v) is 12.1. The first-order chi connectivity index (χ1) is 7.86. The molecule has 0 aliphatic heterocycles. The number of nitrogens with zero attached hydrogens (tertiary/aromatic N) is 3. The Kier molecular flexibility index (Phi) is 4.19. The predicted octanol–water partition coefficient (Wildman–Crippen LogP) is 1.47. The topological polar surface area (TPSA) is 59.8 Å². The van der Waals surface area contributed by atoms with E-state index in [1.807, 2.05) is 20.1 Å². The molecule has 6 heteroatoms. The van der Waals surface area contributed by atoms with Gasteiger partial charge in [0, 0.05) is 12.5 Å². The van der Waals surface area contributed by atoms with Crippen LogP contribution in [0.3, 0.4) is 0 Å². The highest BCUT2D eigenvalue weighted by atomic mass is 32.2. The number of thioether (sulfide) groups is 1. The van der Waals surface area contributed by atoms with Crippen LogP contribution in [0.2, 0.25) is 0 Å². The third-order valence-corrected chi connectivity index (χ3v) is 3.92. The number of hydrogen-bond donors (Lipinski definition) is 1. The van der Waals surface area contributed by atoms with Crippen molar-refractivity contribution >= 4 is 11.8 Å². The third-order valence-electron chi connectivity index (χ3n) is 3.29. The molecule has 0 bridgehead atoms. The average molecular weight is 256 g/mol. The molecule has 0 radical (unpaired) electrons. The van der Waals surface area contributed by atoms with E-state index in [0.29, 0.717) is 16.8 Å². The Morgan fingerprint density at radius 2 is 1.94 bits per heavy atom. The minimum atomic E-state index is -0.292. The highest BCUT2D eigenvalue weighted by molar-refractivity contribution is 7.98. The van der Waals surface area contributed by atoms with E-state index in [1.54, 1.807) is 7.05 Å². The summed E-state index contributed by atoms with van der Waals surface area (Å²) in [6.07, 6.45) is 1.87. The van der Waals surface area contributed by atoms with Gasteiger partial charge in [0.25, 0.3) is 5.56 Å². The van der Waals surface area contributed by atoms with Crippen LogP contribution in [0, 0.1) is 5.92 Å². The first kappa shape index (κ1) is 14.0. The quantitative estimate of drug-likeness (QED) is 0.827. The van der Waals surface area contributed by atoms with Gasteiger partial charge in [-0.3, -0.25) is 4.79 Å². The molecule has 1 N–H and O–H groups in total. The molecule has 0 aliphatic rings. The van der Waals surface area contributed by atoms with Crippen molar-refractivity contribution in [2.24, 2.45) is 5.92 Å². The maximum Gasteiger partial charge on any atom is 0.295 e. The van der Waals surface area contributed by atoms with Gasteiger partial charge in [-0.2, -0.15) is 4.68 Å². The molecular formula is C11H20N4OS. The minimum absolute atomic E-state index is 0.120. The third kappa shape index (κ3) is 2.46. The van der Waals surface area contributed by atoms with Gasteiger partial charge in [-0.15, -0.1) is 10.2 Å². The molecule has 0 aliphatic carbocycles. The van der Waals surface area contributed by atoms with E-state index in [4.69, 9.17) is 0 Å². The molecule has 1 aromatic heterocycles. The lowest BCUT2D eigenvalue weighted by atomic mass is 9.78. The van der Waals surface area contributed by atoms with E-state index in [2.05, 4.69) is 29.5 Å². The van der Waals surface area contributed by atoms with Crippen LogP contribution in [0.4, 0.5) is 0 Å². The molecule has 0 saturated carbocycles. The molecule has 0 unspecified atom stereocenters. The molecule has 0 spiro atoms. The van der Waals surface area contributed by atoms with Gasteiger partial charge < -0.3 is 5.43 Å². The zero-order chi connectivity index (χ0) is 13.2. The SMILES string of the molecule is CNn1c(SC)nnc(C(C)(C)C(C)C)c1=O. The van der Waals surface area contributed by atoms with Crippen molar-refractivity contribution < 1.29 is 0 Å². The number of nitrogens with one attached hydrogen (secondary N) is 1. The van der Waals surface area contributed by atoms with Crippen LogP contribution in [-0.2, 0) is 5.41 Å². The Balaban J connectivity index is 3.44. The van der Waals surface area contributed by atoms with Crippen molar-refractivity contribution in [1.82, 2.24) is 14.9 Å². The number of aromatic nitrogens is 3. The highest BCUT2D eigenvalue weighted by Gasteiger charge is 2.31. The second kappa shape index (κ2) is 5.08. The molecule has 1 rings (SSSR count). The largest absolute Gasteiger partial charge is 0.324 e. The second-order valence-corrected chi connectivity index (χ2v) is 5.55. The highest BCUT2D eigenvalue weighted by Crippen LogP contribution is 2.27. The van der Waals surface area contributed by atoms with Gasteiger partial charge in [-0.25, -0.2) is 0 Å². The van der Waals surface area contributed by atoms with Crippen LogP contribution in [0.25, 0.3) is 0 Å². The van der Waals surface area contributed by atoms with E-state index in [-0.39, 0.29) is 11.0 Å². The fraction of sp³-hybridized carbons (Fsp3) is 0.727. The van der Waals surface area contributed by atoms with Gasteiger partial charge >= 0.3 is 0 Å². The van der Waals surface area contributed by atoms with E-state index in [1.165, 1.54) is 16.4 Å². The summed E-state index contributed by atoms with van der Waals surface area (Å²) in [5.41, 5.74) is 2.93. The van der Waals surface area contributed by atoms with Crippen LogP contribution in [-0.4, -0.2) is 28.2 Å². The van der Waals surface area contributed by atoms with Gasteiger partial charge in [0.15, 0.2) is 0 Å². The van der Waals surface area contributed by atoms with Crippen molar-refractivity contribution in [1.29, 1.82) is 0 Å². The van der Waals surface area contributed by atoms with Crippen LogP contribution < -0.4 is 11.0 Å². The Bertz CT molecular complexity index is 453. The van der Waals surface area contributed by atoms with Crippen molar-refractivity contribution in [3.63, 3.8) is 0 Å². The number of hydrogen-bond acceptors (Lipinski definition) is 5. The summed E-state index contributed by atoms with van der Waals surface area (Å²) in [5.74, 6) is 0.315. The molecule has 0 saturated heterocycles. The standard InChI is InChI=1S/C11H20N4OS/c1-7(2)11(3,4)8-9(16)15(12-5)10(17-6)14-13-8/h7,12H,1-6H3. The Labute approximate surface area is 106 Å². The van der Waals surface area contributed by atoms with Crippen LogP contribution in [0.5, 0.6) is 0 Å². The van der Waals surface area contributed by atoms with Gasteiger partial charge in [0.1, 0.15) is 5.69 Å². The lowest BCUT2D eigenvalue weighted by Gasteiger charge is -2.27. The van der Waals surface area contributed by atoms with E-state index >= 15 is 0 Å². The Hall–Kier alpha value is -1.04. The summed E-state index contributed by atoms with van der Waals surface area (Å²) < 4.78 is 1.44. The summed E-state index contributed by atoms with van der Waals surface area (Å²) in [4.78, 5) is 12.3. The molecule has 17 heavy (non-hydrogen) atoms. The molecule has 1 aromatic rings. The average Bonchev–Trinajstić information content (AvgIpc) is 2.27. The summed E-state index contributed by atoms with van der Waals surface area (Å²) in [6, 6.07) is 0. The first-order valence-corrected chi connectivity index (χ1v) is 6.80. The molecule has 0 amide bonds. The monoisotopic (exact) mass is 256 g/mol. The molecule has 5 nitrogen and oxygen atoms in total. The van der Waals surface area contributed by atoms with Crippen molar-refractivity contribution in [3.8, 4) is 0 Å². The molecule has 96 valence electrons. The fourth-order valence-electron chi connectivity index (χ4n) is 1.38. The molecular weight excluding hydrogens is 236 g/mol. The Morgan fingerprint density at radius 3 is 2.35 bits per heavy atom. The van der Waals surface area contributed by atoms with E-state index in [9.17, 15) is 4.79 Å². The van der Waals surface area contributed by atoms with Gasteiger partial charge in [-0.1, -0.05) is 39.5 Å². The molecule has 0 fully saturated rings. The summed E-state index contributed by atoms with van der Waals surface area (Å²) in [5, 5.41) is 8.77. The van der Waals surface area contributed by atoms with E-state index in [0.717, 1.165) is 0 Å². The van der Waals surface area contributed by atoms with Gasteiger partial charge in [0.2, 0.25) is 5.16 Å². The summed E-state index contributed by atoms with van der Waals surface area (Å²) in [7, 11) is 1.70. The van der Waals surface area contributed by atoms with E-state index < -0.39 is 0 Å². The molecule has 0 aromatic carbocycles. The van der Waals surface area contributed by atoms with Crippen molar-refractivity contribution in [2.75, 3.05) is 18.7 Å². The first-order valence-electron chi connectivity index (χ1n) is 5.58. The Morgan fingerprint density at radius 1 is 1.35 bits per heavy atom. The van der Waals surface area contributed by atoms with Crippen LogP contribution >= 0.6 is 11.8 Å². The normalized spacial score (nSPS) is 11.9. The zero-order valence-electron chi connectivity index (χ0n) is 11.2. The minimum Gasteiger partial charge on any atom is -0.324 e. The smallest absolute Gasteiger partial charge is 0.295 e. The van der Waals surface area contributed by atoms with Gasteiger partial charge in [-0.05, 0) is 12.2 Å². The predicted molar refractivity (Wildman–Crippen MR) is 71.2 cm³/mol. The van der Waals surface area contributed by atoms with Crippen molar-refractivity contribution in [2.45, 2.75) is 38.3 Å². The molecule has 0 atom stereocenters. The molecule has 1 heterocycles. The lowest BCUT2D eigenvalue weighted by molar-refractivity contribution is 0.348. The summed E-state index contributed by atoms with van der Waals surface area (Å²) >= 11 is 1.39. The summed E-state index contributed by atoms with van der Waals surface area (Å²) in [6.45, 7) is 8.18. The lowest BCUT2D eigenvalue weighted by Crippen LogP contribution is -2.40. The maximum atomic E-state index is 12.3. The number of rotatable bonds is 4. The second-order valence-electron chi connectivity index (χ2n) is 4.78. The van der Waals surface area contributed by atoms with Crippen molar-refractivity contribution in [3.05, 3.63) is 16.0 Å².